The highest BCUT2D eigenvalue weighted by molar-refractivity contribution is 7.93. The molecule has 8 heteroatoms. The molecule has 0 atom stereocenters. The van der Waals surface area contributed by atoms with Crippen molar-refractivity contribution in [2.45, 2.75) is 18.4 Å². The van der Waals surface area contributed by atoms with Crippen molar-refractivity contribution in [3.8, 4) is 0 Å². The summed E-state index contributed by atoms with van der Waals surface area (Å²) in [7, 11) is -3.85. The van der Waals surface area contributed by atoms with Crippen molar-refractivity contribution in [2.24, 2.45) is 5.73 Å². The molecule has 0 aliphatic heterocycles. The Kier molecular flexibility index (Phi) is 4.33. The summed E-state index contributed by atoms with van der Waals surface area (Å²) in [5.41, 5.74) is 6.13. The third-order valence-electron chi connectivity index (χ3n) is 2.62. The molecule has 0 bridgehead atoms. The van der Waals surface area contributed by atoms with E-state index in [1.54, 1.807) is 12.3 Å². The fourth-order valence-corrected chi connectivity index (χ4v) is 4.76. The average Bonchev–Trinajstić information content (AvgIpc) is 2.75. The van der Waals surface area contributed by atoms with Crippen molar-refractivity contribution >= 4 is 38.6 Å². The van der Waals surface area contributed by atoms with Gasteiger partial charge in [-0.2, -0.15) is 0 Å². The maximum absolute atomic E-state index is 13.2. The SMILES string of the molecule is Cc1csc(CN)c1S(=O)(=O)Nc1cc(F)ccc1Cl. The Bertz CT molecular complexity index is 744. The van der Waals surface area contributed by atoms with Crippen LogP contribution >= 0.6 is 22.9 Å². The van der Waals surface area contributed by atoms with Crippen LogP contribution in [-0.4, -0.2) is 8.42 Å². The quantitative estimate of drug-likeness (QED) is 0.902. The molecule has 3 N–H and O–H groups in total. The average molecular weight is 335 g/mol. The van der Waals surface area contributed by atoms with Gasteiger partial charge in [0.1, 0.15) is 10.7 Å². The Balaban J connectivity index is 2.46. The van der Waals surface area contributed by atoms with E-state index >= 15 is 0 Å². The Labute approximate surface area is 125 Å². The lowest BCUT2D eigenvalue weighted by Gasteiger charge is -2.11. The smallest absolute Gasteiger partial charge is 0.263 e. The van der Waals surface area contributed by atoms with E-state index < -0.39 is 15.8 Å². The van der Waals surface area contributed by atoms with Crippen molar-refractivity contribution in [1.82, 2.24) is 0 Å². The van der Waals surface area contributed by atoms with Gasteiger partial charge in [0, 0.05) is 11.4 Å². The molecule has 0 spiro atoms. The lowest BCUT2D eigenvalue weighted by atomic mass is 10.3. The topological polar surface area (TPSA) is 72.2 Å². The number of hydrogen-bond acceptors (Lipinski definition) is 4. The lowest BCUT2D eigenvalue weighted by Crippen LogP contribution is -2.16. The summed E-state index contributed by atoms with van der Waals surface area (Å²) in [5.74, 6) is -0.576. The van der Waals surface area contributed by atoms with Gasteiger partial charge in [0.05, 0.1) is 10.7 Å². The monoisotopic (exact) mass is 334 g/mol. The number of hydrogen-bond donors (Lipinski definition) is 2. The molecule has 0 aliphatic carbocycles. The van der Waals surface area contributed by atoms with E-state index in [0.717, 1.165) is 12.1 Å². The minimum absolute atomic E-state index is 0.000220. The van der Waals surface area contributed by atoms with Crippen molar-refractivity contribution in [2.75, 3.05) is 4.72 Å². The van der Waals surface area contributed by atoms with Gasteiger partial charge in [0.2, 0.25) is 0 Å². The lowest BCUT2D eigenvalue weighted by molar-refractivity contribution is 0.600. The molecular weight excluding hydrogens is 323 g/mol. The zero-order chi connectivity index (χ0) is 14.9. The fraction of sp³-hybridized carbons (Fsp3) is 0.167. The van der Waals surface area contributed by atoms with Gasteiger partial charge in [-0.25, -0.2) is 12.8 Å². The van der Waals surface area contributed by atoms with Crippen molar-refractivity contribution in [3.05, 3.63) is 44.9 Å². The van der Waals surface area contributed by atoms with E-state index in [-0.39, 0.29) is 22.2 Å². The molecule has 1 aromatic carbocycles. The molecule has 1 heterocycles. The third-order valence-corrected chi connectivity index (χ3v) is 5.80. The summed E-state index contributed by atoms with van der Waals surface area (Å²) in [6.07, 6.45) is 0. The summed E-state index contributed by atoms with van der Waals surface area (Å²) in [5, 5.41) is 1.83. The number of sulfonamides is 1. The second-order valence-electron chi connectivity index (χ2n) is 4.10. The first-order chi connectivity index (χ1) is 9.35. The van der Waals surface area contributed by atoms with Gasteiger partial charge < -0.3 is 5.73 Å². The van der Waals surface area contributed by atoms with Gasteiger partial charge >= 0.3 is 0 Å². The molecule has 0 radical (unpaired) electrons. The minimum Gasteiger partial charge on any atom is -0.326 e. The Morgan fingerprint density at radius 3 is 2.80 bits per heavy atom. The van der Waals surface area contributed by atoms with Crippen molar-refractivity contribution in [1.29, 1.82) is 0 Å². The zero-order valence-corrected chi connectivity index (χ0v) is 12.9. The third kappa shape index (κ3) is 2.95. The number of rotatable bonds is 4. The van der Waals surface area contributed by atoms with Crippen LogP contribution in [0.4, 0.5) is 10.1 Å². The van der Waals surface area contributed by atoms with Gasteiger partial charge in [-0.1, -0.05) is 11.6 Å². The van der Waals surface area contributed by atoms with E-state index in [1.165, 1.54) is 17.4 Å². The van der Waals surface area contributed by atoms with E-state index in [9.17, 15) is 12.8 Å². The first-order valence-corrected chi connectivity index (χ1v) is 8.34. The van der Waals surface area contributed by atoms with Gasteiger partial charge in [-0.3, -0.25) is 4.72 Å². The number of nitrogens with two attached hydrogens (primary N) is 1. The maximum atomic E-state index is 13.2. The van der Waals surface area contributed by atoms with Gasteiger partial charge in [0.15, 0.2) is 0 Å². The molecule has 0 unspecified atom stereocenters. The van der Waals surface area contributed by atoms with Crippen molar-refractivity contribution in [3.63, 3.8) is 0 Å². The van der Waals surface area contributed by atoms with E-state index in [0.29, 0.717) is 10.4 Å². The van der Waals surface area contributed by atoms with Crippen LogP contribution in [0.25, 0.3) is 0 Å². The number of benzene rings is 1. The predicted molar refractivity (Wildman–Crippen MR) is 79.2 cm³/mol. The van der Waals surface area contributed by atoms with Crippen LogP contribution in [0.1, 0.15) is 10.4 Å². The van der Waals surface area contributed by atoms with Crippen molar-refractivity contribution < 1.29 is 12.8 Å². The number of aryl methyl sites for hydroxylation is 1. The summed E-state index contributed by atoms with van der Waals surface area (Å²) in [6, 6.07) is 3.48. The van der Waals surface area contributed by atoms with Gasteiger partial charge in [0.25, 0.3) is 10.0 Å². The van der Waals surface area contributed by atoms with E-state index in [2.05, 4.69) is 4.72 Å². The fourth-order valence-electron chi connectivity index (χ4n) is 1.76. The molecule has 0 saturated heterocycles. The molecular formula is C12H12ClFN2O2S2. The number of halogens is 2. The molecule has 0 fully saturated rings. The van der Waals surface area contributed by atoms with E-state index in [4.69, 9.17) is 17.3 Å². The number of nitrogens with one attached hydrogen (secondary N) is 1. The predicted octanol–water partition coefficient (Wildman–Crippen LogP) is 3.11. The molecule has 2 rings (SSSR count). The molecule has 0 saturated carbocycles. The van der Waals surface area contributed by atoms with Crippen LogP contribution in [0.5, 0.6) is 0 Å². The first-order valence-electron chi connectivity index (χ1n) is 5.60. The highest BCUT2D eigenvalue weighted by Gasteiger charge is 2.23. The second-order valence-corrected chi connectivity index (χ2v) is 7.10. The molecule has 108 valence electrons. The molecule has 2 aromatic rings. The summed E-state index contributed by atoms with van der Waals surface area (Å²) in [6.45, 7) is 1.79. The Morgan fingerprint density at radius 1 is 1.45 bits per heavy atom. The standard InChI is InChI=1S/C12H12ClFN2O2S2/c1-7-6-19-11(5-15)12(7)20(17,18)16-10-4-8(14)2-3-9(10)13/h2-4,6,16H,5,15H2,1H3. The number of anilines is 1. The molecule has 4 nitrogen and oxygen atoms in total. The summed E-state index contributed by atoms with van der Waals surface area (Å²) >= 11 is 7.13. The maximum Gasteiger partial charge on any atom is 0.263 e. The van der Waals surface area contributed by atoms with E-state index in [1.807, 2.05) is 0 Å². The Hall–Kier alpha value is -1.15. The molecule has 0 amide bonds. The molecule has 0 aliphatic rings. The normalized spacial score (nSPS) is 11.6. The number of thiophene rings is 1. The van der Waals surface area contributed by atoms with Crippen LogP contribution in [0.2, 0.25) is 5.02 Å². The van der Waals surface area contributed by atoms with Crippen LogP contribution in [0, 0.1) is 12.7 Å². The summed E-state index contributed by atoms with van der Waals surface area (Å²) in [4.78, 5) is 0.674. The highest BCUT2D eigenvalue weighted by atomic mass is 35.5. The van der Waals surface area contributed by atoms with Crippen LogP contribution in [0.3, 0.4) is 0 Å². The molecule has 1 aromatic heterocycles. The van der Waals surface area contributed by atoms with Crippen LogP contribution < -0.4 is 10.5 Å². The Morgan fingerprint density at radius 2 is 2.15 bits per heavy atom. The zero-order valence-electron chi connectivity index (χ0n) is 10.5. The van der Waals surface area contributed by atoms with Crippen LogP contribution in [0.15, 0.2) is 28.5 Å². The van der Waals surface area contributed by atoms with Crippen LogP contribution in [-0.2, 0) is 16.6 Å². The minimum atomic E-state index is -3.85. The highest BCUT2D eigenvalue weighted by Crippen LogP contribution is 2.30. The first kappa shape index (κ1) is 15.2. The van der Waals surface area contributed by atoms with Gasteiger partial charge in [-0.05, 0) is 36.1 Å². The second kappa shape index (κ2) is 5.69. The summed E-state index contributed by atoms with van der Waals surface area (Å²) < 4.78 is 40.2. The molecule has 20 heavy (non-hydrogen) atoms. The van der Waals surface area contributed by atoms with Gasteiger partial charge in [-0.15, -0.1) is 11.3 Å². The largest absolute Gasteiger partial charge is 0.326 e.